The minimum absolute atomic E-state index is 0.0405. The van der Waals surface area contributed by atoms with Crippen LogP contribution >= 0.6 is 0 Å². The highest BCUT2D eigenvalue weighted by atomic mass is 16.1. The predicted molar refractivity (Wildman–Crippen MR) is 54.7 cm³/mol. The lowest BCUT2D eigenvalue weighted by Gasteiger charge is -1.92. The Kier molecular flexibility index (Phi) is 3.71. The zero-order chi connectivity index (χ0) is 9.52. The summed E-state index contributed by atoms with van der Waals surface area (Å²) in [5, 5.41) is 0. The fraction of sp³-hybridized carbons (Fsp3) is 0.0833. The summed E-state index contributed by atoms with van der Waals surface area (Å²) in [5.74, 6) is 0.0405. The van der Waals surface area contributed by atoms with Gasteiger partial charge in [-0.25, -0.2) is 0 Å². The summed E-state index contributed by atoms with van der Waals surface area (Å²) in [5.41, 5.74) is 0.725. The Morgan fingerprint density at radius 3 is 2.46 bits per heavy atom. The summed E-state index contributed by atoms with van der Waals surface area (Å²) in [6.45, 7) is 1.91. The van der Waals surface area contributed by atoms with Gasteiger partial charge >= 0.3 is 0 Å². The van der Waals surface area contributed by atoms with Crippen LogP contribution in [-0.4, -0.2) is 5.78 Å². The highest BCUT2D eigenvalue weighted by Gasteiger charge is 1.97. The maximum atomic E-state index is 11.4. The molecule has 0 saturated carbocycles. The van der Waals surface area contributed by atoms with Crippen molar-refractivity contribution in [1.29, 1.82) is 0 Å². The number of rotatable bonds is 3. The number of hydrogen-bond donors (Lipinski definition) is 0. The van der Waals surface area contributed by atoms with E-state index < -0.39 is 0 Å². The zero-order valence-electron chi connectivity index (χ0n) is 7.60. The van der Waals surface area contributed by atoms with Gasteiger partial charge in [0.15, 0.2) is 5.78 Å². The van der Waals surface area contributed by atoms with Crippen LogP contribution in [0.15, 0.2) is 54.6 Å². The third-order valence-corrected chi connectivity index (χ3v) is 1.61. The Morgan fingerprint density at radius 2 is 1.85 bits per heavy atom. The molecule has 0 N–H and O–H groups in total. The molecule has 1 aromatic carbocycles. The van der Waals surface area contributed by atoms with Gasteiger partial charge in [-0.15, -0.1) is 0 Å². The van der Waals surface area contributed by atoms with Crippen molar-refractivity contribution in [2.45, 2.75) is 6.92 Å². The molecular weight excluding hydrogens is 160 g/mol. The number of carbonyl (C=O) groups is 1. The molecule has 0 aliphatic carbocycles. The molecule has 0 fully saturated rings. The van der Waals surface area contributed by atoms with Crippen molar-refractivity contribution in [2.24, 2.45) is 0 Å². The summed E-state index contributed by atoms with van der Waals surface area (Å²) < 4.78 is 0. The summed E-state index contributed by atoms with van der Waals surface area (Å²) >= 11 is 0. The smallest absolute Gasteiger partial charge is 0.185 e. The van der Waals surface area contributed by atoms with Crippen LogP contribution in [0.1, 0.15) is 17.3 Å². The van der Waals surface area contributed by atoms with Gasteiger partial charge in [0.2, 0.25) is 0 Å². The summed E-state index contributed by atoms with van der Waals surface area (Å²) in [6, 6.07) is 9.23. The van der Waals surface area contributed by atoms with Gasteiger partial charge in [-0.05, 0) is 13.0 Å². The van der Waals surface area contributed by atoms with Crippen LogP contribution in [-0.2, 0) is 0 Å². The molecule has 66 valence electrons. The molecule has 1 nitrogen and oxygen atoms in total. The van der Waals surface area contributed by atoms with Gasteiger partial charge in [0, 0.05) is 5.56 Å². The molecule has 0 amide bonds. The lowest BCUT2D eigenvalue weighted by Crippen LogP contribution is -1.92. The zero-order valence-corrected chi connectivity index (χ0v) is 7.60. The first-order valence-corrected chi connectivity index (χ1v) is 4.23. The molecule has 0 aromatic heterocycles. The Hall–Kier alpha value is -1.63. The van der Waals surface area contributed by atoms with Crippen molar-refractivity contribution < 1.29 is 4.79 Å². The monoisotopic (exact) mass is 172 g/mol. The highest BCUT2D eigenvalue weighted by molar-refractivity contribution is 6.04. The van der Waals surface area contributed by atoms with Crippen molar-refractivity contribution in [3.63, 3.8) is 0 Å². The maximum Gasteiger partial charge on any atom is 0.185 e. The minimum Gasteiger partial charge on any atom is -0.289 e. The van der Waals surface area contributed by atoms with Crippen LogP contribution in [0.3, 0.4) is 0 Å². The molecule has 0 spiro atoms. The fourth-order valence-corrected chi connectivity index (χ4v) is 0.953. The van der Waals surface area contributed by atoms with E-state index in [2.05, 4.69) is 0 Å². The van der Waals surface area contributed by atoms with Crippen molar-refractivity contribution in [2.75, 3.05) is 0 Å². The normalized spacial score (nSPS) is 11.2. The SMILES string of the molecule is CC=CC=CC(=O)c1ccccc1. The number of carbonyl (C=O) groups excluding carboxylic acids is 1. The second-order valence-corrected chi connectivity index (χ2v) is 2.62. The largest absolute Gasteiger partial charge is 0.289 e. The average molecular weight is 172 g/mol. The van der Waals surface area contributed by atoms with Crippen molar-refractivity contribution in [3.8, 4) is 0 Å². The van der Waals surface area contributed by atoms with E-state index in [1.165, 1.54) is 0 Å². The second-order valence-electron chi connectivity index (χ2n) is 2.62. The molecule has 0 atom stereocenters. The molecular formula is C12H12O. The van der Waals surface area contributed by atoms with E-state index in [4.69, 9.17) is 0 Å². The maximum absolute atomic E-state index is 11.4. The van der Waals surface area contributed by atoms with Gasteiger partial charge in [-0.1, -0.05) is 48.6 Å². The Balaban J connectivity index is 2.70. The number of benzene rings is 1. The van der Waals surface area contributed by atoms with Gasteiger partial charge in [0.1, 0.15) is 0 Å². The summed E-state index contributed by atoms with van der Waals surface area (Å²) in [7, 11) is 0. The van der Waals surface area contributed by atoms with Crippen LogP contribution in [0.5, 0.6) is 0 Å². The van der Waals surface area contributed by atoms with E-state index in [1.54, 1.807) is 12.2 Å². The molecule has 1 aromatic rings. The van der Waals surface area contributed by atoms with E-state index in [0.29, 0.717) is 0 Å². The molecule has 0 saturated heterocycles. The van der Waals surface area contributed by atoms with Crippen LogP contribution in [0, 0.1) is 0 Å². The summed E-state index contributed by atoms with van der Waals surface area (Å²) in [6.07, 6.45) is 7.03. The third kappa shape index (κ3) is 3.08. The first-order valence-electron chi connectivity index (χ1n) is 4.23. The van der Waals surface area contributed by atoms with Crippen LogP contribution < -0.4 is 0 Å². The lowest BCUT2D eigenvalue weighted by molar-refractivity contribution is 0.104. The molecule has 0 radical (unpaired) electrons. The quantitative estimate of drug-likeness (QED) is 0.389. The molecule has 1 rings (SSSR count). The van der Waals surface area contributed by atoms with Gasteiger partial charge in [0.05, 0.1) is 0 Å². The van der Waals surface area contributed by atoms with Crippen molar-refractivity contribution >= 4 is 5.78 Å². The van der Waals surface area contributed by atoms with E-state index in [1.807, 2.05) is 49.4 Å². The highest BCUT2D eigenvalue weighted by Crippen LogP contribution is 2.00. The molecule has 0 aliphatic rings. The molecule has 0 aliphatic heterocycles. The Bertz CT molecular complexity index is 320. The first kappa shape index (κ1) is 9.46. The molecule has 13 heavy (non-hydrogen) atoms. The number of hydrogen-bond acceptors (Lipinski definition) is 1. The molecule has 0 bridgehead atoms. The van der Waals surface area contributed by atoms with Crippen LogP contribution in [0.25, 0.3) is 0 Å². The minimum atomic E-state index is 0.0405. The first-order chi connectivity index (χ1) is 6.34. The Morgan fingerprint density at radius 1 is 1.15 bits per heavy atom. The standard InChI is InChI=1S/C12H12O/c1-2-3-5-10-12(13)11-8-6-4-7-9-11/h2-10H,1H3. The van der Waals surface area contributed by atoms with Crippen molar-refractivity contribution in [1.82, 2.24) is 0 Å². The topological polar surface area (TPSA) is 17.1 Å². The average Bonchev–Trinajstić information content (AvgIpc) is 2.19. The molecule has 0 heterocycles. The molecule has 0 unspecified atom stereocenters. The number of ketones is 1. The Labute approximate surface area is 78.4 Å². The van der Waals surface area contributed by atoms with Crippen molar-refractivity contribution in [3.05, 3.63) is 60.2 Å². The molecule has 1 heteroatoms. The number of allylic oxidation sites excluding steroid dienone is 4. The van der Waals surface area contributed by atoms with E-state index >= 15 is 0 Å². The fourth-order valence-electron chi connectivity index (χ4n) is 0.953. The third-order valence-electron chi connectivity index (χ3n) is 1.61. The van der Waals surface area contributed by atoms with Gasteiger partial charge in [0.25, 0.3) is 0 Å². The second kappa shape index (κ2) is 5.09. The summed E-state index contributed by atoms with van der Waals surface area (Å²) in [4.78, 5) is 11.4. The predicted octanol–water partition coefficient (Wildman–Crippen LogP) is 3.00. The lowest BCUT2D eigenvalue weighted by atomic mass is 10.1. The van der Waals surface area contributed by atoms with E-state index in [9.17, 15) is 4.79 Å². The van der Waals surface area contributed by atoms with Gasteiger partial charge in [-0.3, -0.25) is 4.79 Å². The van der Waals surface area contributed by atoms with Crippen LogP contribution in [0.2, 0.25) is 0 Å². The van der Waals surface area contributed by atoms with E-state index in [0.717, 1.165) is 5.56 Å². The van der Waals surface area contributed by atoms with Crippen LogP contribution in [0.4, 0.5) is 0 Å². The van der Waals surface area contributed by atoms with Gasteiger partial charge in [-0.2, -0.15) is 0 Å². The van der Waals surface area contributed by atoms with E-state index in [-0.39, 0.29) is 5.78 Å². The van der Waals surface area contributed by atoms with Gasteiger partial charge < -0.3 is 0 Å².